The summed E-state index contributed by atoms with van der Waals surface area (Å²) in [7, 11) is 0. The molecule has 2 heterocycles. The number of nitrogens with one attached hydrogen (secondary N) is 4. The molecule has 0 aromatic carbocycles. The molecular formula is C32H48N6O4. The molecule has 2 aromatic heterocycles. The van der Waals surface area contributed by atoms with Crippen LogP contribution in [-0.4, -0.2) is 58.8 Å². The molecular weight excluding hydrogens is 532 g/mol. The van der Waals surface area contributed by atoms with Crippen molar-refractivity contribution in [3.63, 3.8) is 0 Å². The molecule has 0 saturated heterocycles. The standard InChI is InChI=1S/C32H48N6O4/c1-5-23(3)27(37-29(39)25-13-19-33-20-14-25)31(41)35-17-11-9-7-8-10-12-18-36-32(42)28(24(4)6-2)38-30(40)26-15-21-34-22-16-26/h13-16,19-24,27-28H,5-12,17-18H2,1-4H3,(H,35,41)(H,36,42)(H,37,39)(H,38,40). The predicted molar refractivity (Wildman–Crippen MR) is 164 cm³/mol. The average Bonchev–Trinajstić information content (AvgIpc) is 3.02. The number of nitrogens with zero attached hydrogens (tertiary/aromatic N) is 2. The minimum atomic E-state index is -0.588. The Morgan fingerprint density at radius 3 is 1.26 bits per heavy atom. The predicted octanol–water partition coefficient (Wildman–Crippen LogP) is 4.04. The SMILES string of the molecule is CCC(C)C(NC(=O)c1ccncc1)C(=O)NCCCCCCCCNC(=O)C(NC(=O)c1ccncc1)C(C)CC. The number of aromatic nitrogens is 2. The van der Waals surface area contributed by atoms with Crippen molar-refractivity contribution in [3.05, 3.63) is 60.2 Å². The number of hydrogen-bond donors (Lipinski definition) is 4. The summed E-state index contributed by atoms with van der Waals surface area (Å²) in [5.74, 6) is -0.854. The van der Waals surface area contributed by atoms with Crippen LogP contribution in [0.4, 0.5) is 0 Å². The van der Waals surface area contributed by atoms with Crippen LogP contribution in [0.1, 0.15) is 99.8 Å². The van der Waals surface area contributed by atoms with E-state index in [1.165, 1.54) is 0 Å². The summed E-state index contributed by atoms with van der Waals surface area (Å²) in [6.45, 7) is 9.05. The first kappa shape index (κ1) is 34.4. The molecule has 0 spiro atoms. The van der Waals surface area contributed by atoms with Crippen LogP contribution >= 0.6 is 0 Å². The Hall–Kier alpha value is -3.82. The summed E-state index contributed by atoms with van der Waals surface area (Å²) in [5.41, 5.74) is 0.961. The maximum absolute atomic E-state index is 12.8. The number of hydrogen-bond acceptors (Lipinski definition) is 6. The molecule has 0 saturated carbocycles. The van der Waals surface area contributed by atoms with Gasteiger partial charge < -0.3 is 21.3 Å². The number of carbonyl (C=O) groups excluding carboxylic acids is 4. The van der Waals surface area contributed by atoms with Crippen LogP contribution < -0.4 is 21.3 Å². The number of rotatable bonds is 19. The number of amides is 4. The zero-order valence-electron chi connectivity index (χ0n) is 25.5. The molecule has 10 nitrogen and oxygen atoms in total. The summed E-state index contributed by atoms with van der Waals surface area (Å²) in [5, 5.41) is 11.7. The van der Waals surface area contributed by atoms with E-state index in [2.05, 4.69) is 31.2 Å². The van der Waals surface area contributed by atoms with Crippen LogP contribution in [0.3, 0.4) is 0 Å². The number of unbranched alkanes of at least 4 members (excludes halogenated alkanes) is 5. The molecule has 4 unspecified atom stereocenters. The molecule has 2 aromatic rings. The first-order valence-corrected chi connectivity index (χ1v) is 15.3. The Balaban J connectivity index is 1.62. The van der Waals surface area contributed by atoms with Crippen molar-refractivity contribution in [2.24, 2.45) is 11.8 Å². The third-order valence-corrected chi connectivity index (χ3v) is 7.65. The van der Waals surface area contributed by atoms with Crippen LogP contribution in [0.25, 0.3) is 0 Å². The fourth-order valence-electron chi connectivity index (χ4n) is 4.46. The first-order chi connectivity index (χ1) is 20.3. The van der Waals surface area contributed by atoms with E-state index in [1.54, 1.807) is 49.1 Å². The Morgan fingerprint density at radius 1 is 0.595 bits per heavy atom. The minimum absolute atomic E-state index is 0.00873. The van der Waals surface area contributed by atoms with Crippen LogP contribution in [0.15, 0.2) is 49.1 Å². The Bertz CT molecular complexity index is 1010. The minimum Gasteiger partial charge on any atom is -0.354 e. The van der Waals surface area contributed by atoms with Crippen LogP contribution in [0, 0.1) is 11.8 Å². The van der Waals surface area contributed by atoms with Crippen LogP contribution in [0.2, 0.25) is 0 Å². The normalized spacial score (nSPS) is 13.7. The highest BCUT2D eigenvalue weighted by molar-refractivity contribution is 5.98. The van der Waals surface area contributed by atoms with E-state index in [0.717, 1.165) is 51.4 Å². The van der Waals surface area contributed by atoms with Gasteiger partial charge in [0, 0.05) is 49.0 Å². The van der Waals surface area contributed by atoms with Crippen molar-refractivity contribution in [2.75, 3.05) is 13.1 Å². The lowest BCUT2D eigenvalue weighted by Gasteiger charge is -2.23. The molecule has 10 heteroatoms. The van der Waals surface area contributed by atoms with Crippen LogP contribution in [0.5, 0.6) is 0 Å². The van der Waals surface area contributed by atoms with Gasteiger partial charge >= 0.3 is 0 Å². The molecule has 4 N–H and O–H groups in total. The van der Waals surface area contributed by atoms with E-state index in [-0.39, 0.29) is 35.5 Å². The second-order valence-electron chi connectivity index (χ2n) is 10.8. The van der Waals surface area contributed by atoms with Crippen molar-refractivity contribution in [3.8, 4) is 0 Å². The van der Waals surface area contributed by atoms with Gasteiger partial charge in [0.25, 0.3) is 11.8 Å². The van der Waals surface area contributed by atoms with E-state index >= 15 is 0 Å². The van der Waals surface area contributed by atoms with Gasteiger partial charge in [0.1, 0.15) is 12.1 Å². The lowest BCUT2D eigenvalue weighted by atomic mass is 9.97. The maximum Gasteiger partial charge on any atom is 0.252 e. The van der Waals surface area contributed by atoms with Crippen molar-refractivity contribution >= 4 is 23.6 Å². The molecule has 0 aliphatic rings. The highest BCUT2D eigenvalue weighted by Gasteiger charge is 2.27. The van der Waals surface area contributed by atoms with Gasteiger partial charge in [-0.15, -0.1) is 0 Å². The lowest BCUT2D eigenvalue weighted by Crippen LogP contribution is -2.50. The molecule has 0 aliphatic carbocycles. The highest BCUT2D eigenvalue weighted by Crippen LogP contribution is 2.12. The Labute approximate surface area is 250 Å². The highest BCUT2D eigenvalue weighted by atomic mass is 16.2. The maximum atomic E-state index is 12.8. The topological polar surface area (TPSA) is 142 Å². The van der Waals surface area contributed by atoms with Gasteiger partial charge in [0.05, 0.1) is 0 Å². The number of carbonyl (C=O) groups is 4. The zero-order valence-corrected chi connectivity index (χ0v) is 25.5. The molecule has 4 atom stereocenters. The molecule has 0 bridgehead atoms. The van der Waals surface area contributed by atoms with Crippen molar-refractivity contribution < 1.29 is 19.2 Å². The lowest BCUT2D eigenvalue weighted by molar-refractivity contribution is -0.124. The van der Waals surface area contributed by atoms with Crippen molar-refractivity contribution in [1.82, 2.24) is 31.2 Å². The molecule has 230 valence electrons. The van der Waals surface area contributed by atoms with E-state index in [9.17, 15) is 19.2 Å². The largest absolute Gasteiger partial charge is 0.354 e. The van der Waals surface area contributed by atoms with Gasteiger partial charge in [-0.2, -0.15) is 0 Å². The molecule has 0 aliphatic heterocycles. The van der Waals surface area contributed by atoms with Crippen molar-refractivity contribution in [2.45, 2.75) is 91.1 Å². The van der Waals surface area contributed by atoms with Gasteiger partial charge in [-0.05, 0) is 48.9 Å². The van der Waals surface area contributed by atoms with E-state index in [0.29, 0.717) is 24.2 Å². The van der Waals surface area contributed by atoms with E-state index in [1.807, 2.05) is 27.7 Å². The summed E-state index contributed by atoms with van der Waals surface area (Å²) < 4.78 is 0. The van der Waals surface area contributed by atoms with E-state index < -0.39 is 12.1 Å². The van der Waals surface area contributed by atoms with Gasteiger partial charge in [0.2, 0.25) is 11.8 Å². The molecule has 42 heavy (non-hydrogen) atoms. The molecule has 0 fully saturated rings. The fraction of sp³-hybridized carbons (Fsp3) is 0.562. The molecule has 2 rings (SSSR count). The Kier molecular flexibility index (Phi) is 15.8. The Morgan fingerprint density at radius 2 is 0.929 bits per heavy atom. The zero-order chi connectivity index (χ0) is 30.7. The molecule has 4 amide bonds. The van der Waals surface area contributed by atoms with Gasteiger partial charge in [-0.1, -0.05) is 66.2 Å². The smallest absolute Gasteiger partial charge is 0.252 e. The molecule has 0 radical (unpaired) electrons. The summed E-state index contributed by atoms with van der Waals surface area (Å²) >= 11 is 0. The van der Waals surface area contributed by atoms with E-state index in [4.69, 9.17) is 0 Å². The van der Waals surface area contributed by atoms with Crippen molar-refractivity contribution in [1.29, 1.82) is 0 Å². The second kappa shape index (κ2) is 19.3. The summed E-state index contributed by atoms with van der Waals surface area (Å²) in [6.07, 6.45) is 13.5. The van der Waals surface area contributed by atoms with Gasteiger partial charge in [-0.3, -0.25) is 29.1 Å². The first-order valence-electron chi connectivity index (χ1n) is 15.3. The monoisotopic (exact) mass is 580 g/mol. The third-order valence-electron chi connectivity index (χ3n) is 7.65. The van der Waals surface area contributed by atoms with Gasteiger partial charge in [-0.25, -0.2) is 0 Å². The van der Waals surface area contributed by atoms with Gasteiger partial charge in [0.15, 0.2) is 0 Å². The third kappa shape index (κ3) is 12.0. The second-order valence-corrected chi connectivity index (χ2v) is 10.8. The summed E-state index contributed by atoms with van der Waals surface area (Å²) in [4.78, 5) is 58.6. The fourth-order valence-corrected chi connectivity index (χ4v) is 4.46. The number of pyridine rings is 2. The average molecular weight is 581 g/mol. The quantitative estimate of drug-likeness (QED) is 0.185. The summed E-state index contributed by atoms with van der Waals surface area (Å²) in [6, 6.07) is 5.34. The van der Waals surface area contributed by atoms with Crippen LogP contribution in [-0.2, 0) is 9.59 Å².